The highest BCUT2D eigenvalue weighted by Gasteiger charge is 2.26. The molecule has 0 saturated carbocycles. The topological polar surface area (TPSA) is 109 Å². The summed E-state index contributed by atoms with van der Waals surface area (Å²) in [5, 5.41) is 9.48. The molecule has 0 fully saturated rings. The van der Waals surface area contributed by atoms with Crippen LogP contribution < -0.4 is 10.5 Å². The van der Waals surface area contributed by atoms with Crippen LogP contribution in [0.15, 0.2) is 29.2 Å². The van der Waals surface area contributed by atoms with E-state index in [1.807, 2.05) is 0 Å². The first-order chi connectivity index (χ1) is 11.7. The number of nitrogens with two attached hydrogens (primary N) is 1. The quantitative estimate of drug-likeness (QED) is 0.679. The lowest BCUT2D eigenvalue weighted by atomic mass is 10.1. The summed E-state index contributed by atoms with van der Waals surface area (Å²) in [4.78, 5) is 11.3. The molecule has 1 aliphatic rings. The number of sulfonamides is 1. The first-order valence-corrected chi connectivity index (χ1v) is 9.59. The van der Waals surface area contributed by atoms with E-state index in [-0.39, 0.29) is 31.9 Å². The van der Waals surface area contributed by atoms with Gasteiger partial charge >= 0.3 is 5.97 Å². The molecule has 3 rings (SSSR count). The van der Waals surface area contributed by atoms with Crippen molar-refractivity contribution in [2.75, 3.05) is 10.5 Å². The molecule has 9 heteroatoms. The van der Waals surface area contributed by atoms with Crippen LogP contribution in [0, 0.1) is 0 Å². The summed E-state index contributed by atoms with van der Waals surface area (Å²) in [6.07, 6.45) is 2.01. The fourth-order valence-corrected chi connectivity index (χ4v) is 4.75. The van der Waals surface area contributed by atoms with Crippen LogP contribution in [0.25, 0.3) is 0 Å². The predicted molar refractivity (Wildman–Crippen MR) is 97.1 cm³/mol. The molecule has 0 amide bonds. The first kappa shape index (κ1) is 17.8. The van der Waals surface area contributed by atoms with Crippen LogP contribution in [-0.4, -0.2) is 19.5 Å². The maximum Gasteiger partial charge on any atom is 0.335 e. The standard InChI is InChI=1S/C16H14Cl2N2O4S/c17-12-6-10(7-13(18)15(12)19)20-25(23,24)14-5-9(16(21)22)4-8-2-1-3-11(8)14/h4-7,20H,1-3,19H2,(H,21,22). The number of nitrogens with one attached hydrogen (secondary N) is 1. The molecule has 6 nitrogen and oxygen atoms in total. The van der Waals surface area contributed by atoms with Gasteiger partial charge in [-0.15, -0.1) is 0 Å². The Morgan fingerprint density at radius 1 is 1.12 bits per heavy atom. The number of carboxylic acid groups (broad SMARTS) is 1. The number of fused-ring (bicyclic) bond motifs is 1. The predicted octanol–water partition coefficient (Wildman–Crippen LogP) is 3.56. The average Bonchev–Trinajstić information content (AvgIpc) is 2.99. The van der Waals surface area contributed by atoms with E-state index in [0.717, 1.165) is 12.0 Å². The van der Waals surface area contributed by atoms with Crippen molar-refractivity contribution >= 4 is 50.6 Å². The molecule has 25 heavy (non-hydrogen) atoms. The van der Waals surface area contributed by atoms with Gasteiger partial charge in [-0.3, -0.25) is 4.72 Å². The Balaban J connectivity index is 2.08. The highest BCUT2D eigenvalue weighted by atomic mass is 35.5. The Morgan fingerprint density at radius 3 is 2.36 bits per heavy atom. The minimum atomic E-state index is -4.01. The van der Waals surface area contributed by atoms with Gasteiger partial charge in [-0.25, -0.2) is 13.2 Å². The number of benzene rings is 2. The van der Waals surface area contributed by atoms with Gasteiger partial charge < -0.3 is 10.8 Å². The van der Waals surface area contributed by atoms with Gasteiger partial charge in [0.15, 0.2) is 0 Å². The number of carbonyl (C=O) groups is 1. The van der Waals surface area contributed by atoms with E-state index < -0.39 is 16.0 Å². The normalized spacial score (nSPS) is 13.5. The molecule has 0 atom stereocenters. The number of rotatable bonds is 4. The monoisotopic (exact) mass is 400 g/mol. The molecule has 0 radical (unpaired) electrons. The van der Waals surface area contributed by atoms with Crippen molar-refractivity contribution in [3.63, 3.8) is 0 Å². The molecule has 0 aliphatic heterocycles. The number of nitrogen functional groups attached to an aromatic ring is 1. The molecular formula is C16H14Cl2N2O4S. The lowest BCUT2D eigenvalue weighted by Gasteiger charge is -2.14. The Morgan fingerprint density at radius 2 is 1.76 bits per heavy atom. The second-order valence-electron chi connectivity index (χ2n) is 5.73. The largest absolute Gasteiger partial charge is 0.478 e. The Kier molecular flexibility index (Phi) is 4.57. The van der Waals surface area contributed by atoms with E-state index in [2.05, 4.69) is 4.72 Å². The maximum absolute atomic E-state index is 12.8. The van der Waals surface area contributed by atoms with Crippen molar-refractivity contribution in [2.45, 2.75) is 24.2 Å². The fourth-order valence-electron chi connectivity index (χ4n) is 2.88. The van der Waals surface area contributed by atoms with E-state index in [0.29, 0.717) is 18.4 Å². The minimum Gasteiger partial charge on any atom is -0.478 e. The number of aryl methyl sites for hydroxylation is 1. The second-order valence-corrected chi connectivity index (χ2v) is 8.20. The molecule has 4 N–H and O–H groups in total. The Hall–Kier alpha value is -1.96. The van der Waals surface area contributed by atoms with Crippen molar-refractivity contribution in [2.24, 2.45) is 0 Å². The van der Waals surface area contributed by atoms with Crippen molar-refractivity contribution < 1.29 is 18.3 Å². The summed E-state index contributed by atoms with van der Waals surface area (Å²) < 4.78 is 28.0. The van der Waals surface area contributed by atoms with Gasteiger partial charge in [-0.1, -0.05) is 23.2 Å². The SMILES string of the molecule is Nc1c(Cl)cc(NS(=O)(=O)c2cc(C(=O)O)cc3c2CCC3)cc1Cl. The van der Waals surface area contributed by atoms with Crippen molar-refractivity contribution in [3.05, 3.63) is 51.0 Å². The lowest BCUT2D eigenvalue weighted by Crippen LogP contribution is -2.16. The summed E-state index contributed by atoms with van der Waals surface area (Å²) in [6.45, 7) is 0. The van der Waals surface area contributed by atoms with Crippen LogP contribution in [0.4, 0.5) is 11.4 Å². The Bertz CT molecular complexity index is 967. The van der Waals surface area contributed by atoms with Crippen LogP contribution >= 0.6 is 23.2 Å². The molecule has 0 saturated heterocycles. The fraction of sp³-hybridized carbons (Fsp3) is 0.188. The van der Waals surface area contributed by atoms with Gasteiger partial charge in [-0.05, 0) is 54.7 Å². The third kappa shape index (κ3) is 3.40. The molecule has 2 aromatic rings. The highest BCUT2D eigenvalue weighted by molar-refractivity contribution is 7.92. The number of halogens is 2. The number of carboxylic acids is 1. The molecule has 0 heterocycles. The molecule has 0 spiro atoms. The van der Waals surface area contributed by atoms with Crippen LogP contribution in [0.5, 0.6) is 0 Å². The van der Waals surface area contributed by atoms with Gasteiger partial charge in [0.25, 0.3) is 10.0 Å². The van der Waals surface area contributed by atoms with Gasteiger partial charge in [0.05, 0.1) is 31.9 Å². The summed E-state index contributed by atoms with van der Waals surface area (Å²) in [5.74, 6) is -1.18. The lowest BCUT2D eigenvalue weighted by molar-refractivity contribution is 0.0696. The molecule has 2 aromatic carbocycles. The van der Waals surface area contributed by atoms with Crippen LogP contribution in [0.3, 0.4) is 0 Å². The summed E-state index contributed by atoms with van der Waals surface area (Å²) in [5.41, 5.74) is 7.28. The van der Waals surface area contributed by atoms with E-state index in [4.69, 9.17) is 28.9 Å². The molecule has 0 unspecified atom stereocenters. The molecular weight excluding hydrogens is 387 g/mol. The molecule has 1 aliphatic carbocycles. The van der Waals surface area contributed by atoms with E-state index in [9.17, 15) is 18.3 Å². The van der Waals surface area contributed by atoms with Gasteiger partial charge in [0.2, 0.25) is 0 Å². The highest BCUT2D eigenvalue weighted by Crippen LogP contribution is 2.34. The molecule has 132 valence electrons. The number of hydrogen-bond donors (Lipinski definition) is 3. The molecule has 0 bridgehead atoms. The number of hydrogen-bond acceptors (Lipinski definition) is 4. The summed E-state index contributed by atoms with van der Waals surface area (Å²) in [6, 6.07) is 5.40. The first-order valence-electron chi connectivity index (χ1n) is 7.35. The van der Waals surface area contributed by atoms with Crippen LogP contribution in [0.2, 0.25) is 10.0 Å². The number of anilines is 2. The maximum atomic E-state index is 12.8. The van der Waals surface area contributed by atoms with Crippen molar-refractivity contribution in [1.29, 1.82) is 0 Å². The minimum absolute atomic E-state index is 0.0380. The van der Waals surface area contributed by atoms with Crippen LogP contribution in [0.1, 0.15) is 27.9 Å². The second kappa shape index (κ2) is 6.40. The third-order valence-corrected chi connectivity index (χ3v) is 6.12. The zero-order valence-electron chi connectivity index (χ0n) is 12.8. The van der Waals surface area contributed by atoms with Gasteiger partial charge in [0.1, 0.15) is 0 Å². The zero-order valence-corrected chi connectivity index (χ0v) is 15.2. The third-order valence-electron chi connectivity index (χ3n) is 4.04. The average molecular weight is 401 g/mol. The summed E-state index contributed by atoms with van der Waals surface area (Å²) in [7, 11) is -4.01. The van der Waals surface area contributed by atoms with Crippen molar-refractivity contribution in [1.82, 2.24) is 0 Å². The Labute approximate surface area is 154 Å². The number of aromatic carboxylic acids is 1. The van der Waals surface area contributed by atoms with Gasteiger partial charge in [0, 0.05) is 0 Å². The summed E-state index contributed by atoms with van der Waals surface area (Å²) >= 11 is 11.9. The van der Waals surface area contributed by atoms with E-state index in [1.54, 1.807) is 0 Å². The van der Waals surface area contributed by atoms with Crippen molar-refractivity contribution in [3.8, 4) is 0 Å². The smallest absolute Gasteiger partial charge is 0.335 e. The molecule has 0 aromatic heterocycles. The zero-order chi connectivity index (χ0) is 18.4. The van der Waals surface area contributed by atoms with E-state index >= 15 is 0 Å². The van der Waals surface area contributed by atoms with Crippen LogP contribution in [-0.2, 0) is 22.9 Å². The van der Waals surface area contributed by atoms with Gasteiger partial charge in [-0.2, -0.15) is 0 Å². The van der Waals surface area contributed by atoms with E-state index in [1.165, 1.54) is 24.3 Å².